The molecule has 0 aromatic carbocycles. The second-order valence-electron chi connectivity index (χ2n) is 5.50. The maximum absolute atomic E-state index is 11.5. The second kappa shape index (κ2) is 7.09. The number of carboxylic acid groups (broad SMARTS) is 2. The molecule has 0 radical (unpaired) electrons. The number of carbonyl (C=O) groups excluding carboxylic acids is 1. The first-order chi connectivity index (χ1) is 8.96. The lowest BCUT2D eigenvalue weighted by atomic mass is 10.0. The van der Waals surface area contributed by atoms with Gasteiger partial charge < -0.3 is 14.9 Å². The van der Waals surface area contributed by atoms with E-state index >= 15 is 0 Å². The van der Waals surface area contributed by atoms with Crippen molar-refractivity contribution in [3.05, 3.63) is 0 Å². The van der Waals surface area contributed by atoms with Crippen molar-refractivity contribution in [1.29, 1.82) is 0 Å². The van der Waals surface area contributed by atoms with Crippen LogP contribution in [-0.4, -0.2) is 39.5 Å². The van der Waals surface area contributed by atoms with Gasteiger partial charge in [0.15, 0.2) is 5.66 Å². The van der Waals surface area contributed by atoms with E-state index in [9.17, 15) is 14.4 Å². The van der Waals surface area contributed by atoms with Gasteiger partial charge in [-0.25, -0.2) is 9.59 Å². The summed E-state index contributed by atoms with van der Waals surface area (Å²) >= 11 is 0. The predicted octanol–water partition coefficient (Wildman–Crippen LogP) is 0.896. The molecule has 5 N–H and O–H groups in total. The summed E-state index contributed by atoms with van der Waals surface area (Å²) in [6.07, 6.45) is -0.569. The van der Waals surface area contributed by atoms with Gasteiger partial charge in [-0.1, -0.05) is 0 Å². The Balaban J connectivity index is 4.49. The Kier molecular flexibility index (Phi) is 6.44. The van der Waals surface area contributed by atoms with Gasteiger partial charge in [-0.2, -0.15) is 0 Å². The number of nitrogens with one attached hydrogen (secondary N) is 1. The van der Waals surface area contributed by atoms with Crippen LogP contribution in [0.5, 0.6) is 0 Å². The van der Waals surface area contributed by atoms with Gasteiger partial charge >= 0.3 is 18.0 Å². The van der Waals surface area contributed by atoms with Crippen molar-refractivity contribution in [2.45, 2.75) is 57.7 Å². The van der Waals surface area contributed by atoms with Crippen molar-refractivity contribution in [2.24, 2.45) is 5.73 Å². The van der Waals surface area contributed by atoms with Crippen molar-refractivity contribution in [3.63, 3.8) is 0 Å². The lowest BCUT2D eigenvalue weighted by molar-refractivity contribution is -0.145. The molecule has 0 rings (SSSR count). The van der Waals surface area contributed by atoms with Crippen LogP contribution in [-0.2, 0) is 14.3 Å². The van der Waals surface area contributed by atoms with E-state index in [1.54, 1.807) is 20.8 Å². The monoisotopic (exact) mass is 290 g/mol. The topological polar surface area (TPSA) is 139 Å². The molecule has 8 nitrogen and oxygen atoms in total. The fraction of sp³-hybridized carbons (Fsp3) is 0.750. The van der Waals surface area contributed by atoms with Crippen LogP contribution >= 0.6 is 0 Å². The Morgan fingerprint density at radius 3 is 2.10 bits per heavy atom. The quantitative estimate of drug-likeness (QED) is 0.403. The van der Waals surface area contributed by atoms with E-state index in [1.165, 1.54) is 0 Å². The fourth-order valence-electron chi connectivity index (χ4n) is 1.39. The number of amides is 1. The van der Waals surface area contributed by atoms with Crippen molar-refractivity contribution in [3.8, 4) is 0 Å². The Morgan fingerprint density at radius 2 is 1.70 bits per heavy atom. The van der Waals surface area contributed by atoms with Crippen molar-refractivity contribution in [2.75, 3.05) is 0 Å². The van der Waals surface area contributed by atoms with E-state index in [1.807, 2.05) is 0 Å². The third-order valence-electron chi connectivity index (χ3n) is 2.32. The summed E-state index contributed by atoms with van der Waals surface area (Å²) in [5.74, 6) is -2.37. The molecule has 1 unspecified atom stereocenters. The average molecular weight is 290 g/mol. The maximum atomic E-state index is 11.5. The standard InChI is InChI=1S/C12H22N2O6/c1-11(2,3)20-10(19)14-12(13,9(17)18)7-5-4-6-8(15)16/h4-7,13H2,1-3H3,(H,14,19)(H,15,16)(H,17,18). The lowest BCUT2D eigenvalue weighted by Crippen LogP contribution is -2.62. The number of hydrogen-bond acceptors (Lipinski definition) is 5. The van der Waals surface area contributed by atoms with E-state index < -0.39 is 29.3 Å². The number of unbranched alkanes of at least 4 members (excludes halogenated alkanes) is 1. The van der Waals surface area contributed by atoms with Gasteiger partial charge in [-0.3, -0.25) is 15.8 Å². The first kappa shape index (κ1) is 18.2. The molecule has 1 atom stereocenters. The van der Waals surface area contributed by atoms with Gasteiger partial charge in [-0.15, -0.1) is 0 Å². The summed E-state index contributed by atoms with van der Waals surface area (Å²) in [4.78, 5) is 33.0. The van der Waals surface area contributed by atoms with E-state index in [2.05, 4.69) is 5.32 Å². The largest absolute Gasteiger partial charge is 0.481 e. The fourth-order valence-corrected chi connectivity index (χ4v) is 1.39. The molecular weight excluding hydrogens is 268 g/mol. The van der Waals surface area contributed by atoms with Crippen LogP contribution < -0.4 is 11.1 Å². The Bertz CT molecular complexity index is 377. The Labute approximate surface area is 117 Å². The number of carbonyl (C=O) groups is 3. The Hall–Kier alpha value is -1.83. The van der Waals surface area contributed by atoms with Crippen LogP contribution in [0.25, 0.3) is 0 Å². The summed E-state index contributed by atoms with van der Waals surface area (Å²) in [6, 6.07) is 0. The maximum Gasteiger partial charge on any atom is 0.409 e. The van der Waals surface area contributed by atoms with Crippen molar-refractivity contribution < 1.29 is 29.3 Å². The minimum atomic E-state index is -1.97. The zero-order valence-corrected chi connectivity index (χ0v) is 11.9. The smallest absolute Gasteiger partial charge is 0.409 e. The molecule has 1 amide bonds. The highest BCUT2D eigenvalue weighted by Gasteiger charge is 2.36. The Morgan fingerprint density at radius 1 is 1.15 bits per heavy atom. The number of alkyl carbamates (subject to hydrolysis) is 1. The van der Waals surface area contributed by atoms with E-state index in [0.29, 0.717) is 0 Å². The molecule has 0 aliphatic carbocycles. The number of aliphatic carboxylic acids is 2. The van der Waals surface area contributed by atoms with Crippen LogP contribution in [0.1, 0.15) is 46.5 Å². The zero-order chi connectivity index (χ0) is 16.0. The molecule has 0 bridgehead atoms. The summed E-state index contributed by atoms with van der Waals surface area (Å²) < 4.78 is 4.94. The number of hydrogen-bond donors (Lipinski definition) is 4. The molecule has 0 fully saturated rings. The van der Waals surface area contributed by atoms with Gasteiger partial charge in [0.2, 0.25) is 0 Å². The number of ether oxygens (including phenoxy) is 1. The first-order valence-electron chi connectivity index (χ1n) is 6.21. The van der Waals surface area contributed by atoms with Gasteiger partial charge in [0.05, 0.1) is 0 Å². The molecule has 0 aliphatic heterocycles. The van der Waals surface area contributed by atoms with Crippen LogP contribution in [0, 0.1) is 0 Å². The van der Waals surface area contributed by atoms with Gasteiger partial charge in [0, 0.05) is 6.42 Å². The molecule has 116 valence electrons. The third-order valence-corrected chi connectivity index (χ3v) is 2.32. The highest BCUT2D eigenvalue weighted by Crippen LogP contribution is 2.13. The first-order valence-corrected chi connectivity index (χ1v) is 6.21. The summed E-state index contributed by atoms with van der Waals surface area (Å²) in [6.45, 7) is 4.91. The summed E-state index contributed by atoms with van der Waals surface area (Å²) in [5, 5.41) is 19.7. The molecule has 0 saturated carbocycles. The van der Waals surface area contributed by atoms with Gasteiger partial charge in [0.1, 0.15) is 5.60 Å². The molecule has 0 aromatic heterocycles. The molecular formula is C12H22N2O6. The molecule has 0 spiro atoms. The number of carboxylic acids is 2. The van der Waals surface area contributed by atoms with E-state index in [-0.39, 0.29) is 25.7 Å². The summed E-state index contributed by atoms with van der Waals surface area (Å²) in [5.41, 5.74) is 2.88. The lowest BCUT2D eigenvalue weighted by Gasteiger charge is -2.28. The highest BCUT2D eigenvalue weighted by atomic mass is 16.6. The minimum Gasteiger partial charge on any atom is -0.481 e. The summed E-state index contributed by atoms with van der Waals surface area (Å²) in [7, 11) is 0. The van der Waals surface area contributed by atoms with Crippen LogP contribution in [0.15, 0.2) is 0 Å². The molecule has 0 saturated heterocycles. The highest BCUT2D eigenvalue weighted by molar-refractivity contribution is 5.83. The van der Waals surface area contributed by atoms with Gasteiger partial charge in [0.25, 0.3) is 0 Å². The zero-order valence-electron chi connectivity index (χ0n) is 11.9. The molecule has 0 aromatic rings. The van der Waals surface area contributed by atoms with Crippen LogP contribution in [0.2, 0.25) is 0 Å². The molecule has 8 heteroatoms. The average Bonchev–Trinajstić information content (AvgIpc) is 2.21. The van der Waals surface area contributed by atoms with Crippen LogP contribution in [0.4, 0.5) is 4.79 Å². The predicted molar refractivity (Wildman–Crippen MR) is 70.0 cm³/mol. The SMILES string of the molecule is CC(C)(C)OC(=O)NC(N)(CCCCC(=O)O)C(=O)O. The number of rotatable bonds is 7. The van der Waals surface area contributed by atoms with Crippen molar-refractivity contribution in [1.82, 2.24) is 5.32 Å². The van der Waals surface area contributed by atoms with E-state index in [0.717, 1.165) is 0 Å². The second-order valence-corrected chi connectivity index (χ2v) is 5.50. The molecule has 0 aliphatic rings. The van der Waals surface area contributed by atoms with Crippen molar-refractivity contribution >= 4 is 18.0 Å². The van der Waals surface area contributed by atoms with E-state index in [4.69, 9.17) is 20.7 Å². The molecule has 0 heterocycles. The minimum absolute atomic E-state index is 0.0812. The third kappa shape index (κ3) is 7.57. The molecule has 20 heavy (non-hydrogen) atoms. The van der Waals surface area contributed by atoms with Gasteiger partial charge in [-0.05, 0) is 40.0 Å². The number of nitrogens with two attached hydrogens (primary N) is 1. The van der Waals surface area contributed by atoms with Crippen LogP contribution in [0.3, 0.4) is 0 Å². The normalized spacial score (nSPS) is 14.2.